The molecule has 0 aliphatic rings. The Morgan fingerprint density at radius 1 is 0.889 bits per heavy atom. The average Bonchev–Trinajstić information content (AvgIpc) is 2.72. The molecular formula is C22H18ClF7N2O4. The summed E-state index contributed by atoms with van der Waals surface area (Å²) in [7, 11) is 0. The lowest BCUT2D eigenvalue weighted by atomic mass is 9.92. The van der Waals surface area contributed by atoms with Crippen LogP contribution in [-0.4, -0.2) is 40.8 Å². The molecule has 0 aliphatic carbocycles. The molecule has 0 saturated heterocycles. The van der Waals surface area contributed by atoms with Crippen LogP contribution in [0.15, 0.2) is 36.4 Å². The molecule has 0 spiro atoms. The molecule has 196 valence electrons. The van der Waals surface area contributed by atoms with Crippen molar-refractivity contribution in [1.29, 1.82) is 0 Å². The minimum atomic E-state index is -6.31. The fourth-order valence-electron chi connectivity index (χ4n) is 3.04. The minimum absolute atomic E-state index is 0.227. The van der Waals surface area contributed by atoms with E-state index in [-0.39, 0.29) is 34.0 Å². The molecule has 2 amide bonds. The van der Waals surface area contributed by atoms with Gasteiger partial charge in [0.05, 0.1) is 16.1 Å². The predicted octanol–water partition coefficient (Wildman–Crippen LogP) is 5.78. The summed E-state index contributed by atoms with van der Waals surface area (Å²) >= 11 is 6.02. The van der Waals surface area contributed by atoms with Gasteiger partial charge in [-0.25, -0.2) is 9.18 Å². The number of carbonyl (C=O) groups is 3. The van der Waals surface area contributed by atoms with E-state index in [1.807, 2.05) is 0 Å². The summed E-state index contributed by atoms with van der Waals surface area (Å²) in [6.45, 7) is 3.37. The highest BCUT2D eigenvalue weighted by Gasteiger charge is 2.73. The number of anilines is 1. The summed E-state index contributed by atoms with van der Waals surface area (Å²) < 4.78 is 92.5. The number of rotatable bonds is 6. The molecule has 0 radical (unpaired) electrons. The van der Waals surface area contributed by atoms with Gasteiger partial charge in [0, 0.05) is 11.3 Å². The summed E-state index contributed by atoms with van der Waals surface area (Å²) in [6, 6.07) is 4.80. The van der Waals surface area contributed by atoms with Gasteiger partial charge < -0.3 is 15.7 Å². The average molecular weight is 543 g/mol. The largest absolute Gasteiger partial charge is 0.480 e. The molecule has 0 fully saturated rings. The molecule has 0 bridgehead atoms. The lowest BCUT2D eigenvalue weighted by Crippen LogP contribution is -2.50. The lowest BCUT2D eigenvalue weighted by molar-refractivity contribution is -0.348. The molecule has 2 aromatic rings. The van der Waals surface area contributed by atoms with Gasteiger partial charge in [0.1, 0.15) is 5.54 Å². The van der Waals surface area contributed by atoms with Gasteiger partial charge in [0.2, 0.25) is 0 Å². The smallest absolute Gasteiger partial charge is 0.435 e. The van der Waals surface area contributed by atoms with Crippen LogP contribution in [0.4, 0.5) is 36.4 Å². The van der Waals surface area contributed by atoms with Crippen LogP contribution in [0.1, 0.15) is 45.7 Å². The van der Waals surface area contributed by atoms with Gasteiger partial charge in [-0.2, -0.15) is 26.3 Å². The van der Waals surface area contributed by atoms with Crippen molar-refractivity contribution in [2.24, 2.45) is 0 Å². The third kappa shape index (κ3) is 5.40. The molecule has 0 atom stereocenters. The molecule has 3 N–H and O–H groups in total. The standard InChI is InChI=1S/C22H18ClF7N2O4/c1-10-9-11(20(24,21(25,26)27)22(28,29)30)7-8-14(10)31-16(33)12-5-4-6-13(23)15(12)17(34)32-19(2,3)18(35)36/h4-9H,1-3H3,(H,31,33)(H,32,34)(H,35,36). The lowest BCUT2D eigenvalue weighted by Gasteiger charge is -2.30. The first-order valence-corrected chi connectivity index (χ1v) is 10.2. The van der Waals surface area contributed by atoms with Gasteiger partial charge in [0.15, 0.2) is 0 Å². The fraction of sp³-hybridized carbons (Fsp3) is 0.318. The Bertz CT molecular complexity index is 1200. The summed E-state index contributed by atoms with van der Waals surface area (Å²) in [4.78, 5) is 36.8. The Balaban J connectivity index is 2.45. The maximum atomic E-state index is 14.3. The summed E-state index contributed by atoms with van der Waals surface area (Å²) in [5.74, 6) is -3.49. The van der Waals surface area contributed by atoms with Crippen molar-refractivity contribution in [1.82, 2.24) is 5.32 Å². The van der Waals surface area contributed by atoms with Crippen LogP contribution in [0.2, 0.25) is 5.02 Å². The van der Waals surface area contributed by atoms with E-state index in [4.69, 9.17) is 11.6 Å². The van der Waals surface area contributed by atoms with Gasteiger partial charge in [-0.05, 0) is 44.5 Å². The maximum Gasteiger partial charge on any atom is 0.435 e. The first-order chi connectivity index (χ1) is 16.2. The van der Waals surface area contributed by atoms with E-state index < -0.39 is 52.5 Å². The predicted molar refractivity (Wildman–Crippen MR) is 115 cm³/mol. The number of hydrogen-bond acceptors (Lipinski definition) is 3. The zero-order valence-electron chi connectivity index (χ0n) is 18.7. The molecule has 0 heterocycles. The summed E-state index contributed by atoms with van der Waals surface area (Å²) in [5.41, 5.74) is -10.6. The van der Waals surface area contributed by atoms with Crippen molar-refractivity contribution in [2.75, 3.05) is 5.32 Å². The van der Waals surface area contributed by atoms with E-state index in [9.17, 15) is 50.2 Å². The molecule has 36 heavy (non-hydrogen) atoms. The molecule has 2 aromatic carbocycles. The molecule has 0 saturated carbocycles. The highest BCUT2D eigenvalue weighted by molar-refractivity contribution is 6.35. The Kier molecular flexibility index (Phi) is 7.70. The number of alkyl halides is 7. The van der Waals surface area contributed by atoms with Gasteiger partial charge in [0.25, 0.3) is 11.8 Å². The second kappa shape index (κ2) is 9.60. The molecule has 0 aromatic heterocycles. The van der Waals surface area contributed by atoms with Crippen molar-refractivity contribution in [2.45, 2.75) is 44.3 Å². The number of carbonyl (C=O) groups excluding carboxylic acids is 2. The third-order valence-electron chi connectivity index (χ3n) is 5.10. The quantitative estimate of drug-likeness (QED) is 0.403. The number of hydrogen-bond donors (Lipinski definition) is 3. The number of nitrogens with one attached hydrogen (secondary N) is 2. The van der Waals surface area contributed by atoms with Crippen molar-refractivity contribution in [3.63, 3.8) is 0 Å². The highest BCUT2D eigenvalue weighted by atomic mass is 35.5. The van der Waals surface area contributed by atoms with Crippen molar-refractivity contribution < 1.29 is 50.2 Å². The Morgan fingerprint density at radius 2 is 1.44 bits per heavy atom. The Morgan fingerprint density at radius 3 is 1.92 bits per heavy atom. The van der Waals surface area contributed by atoms with Crippen LogP contribution in [-0.2, 0) is 10.5 Å². The monoisotopic (exact) mass is 542 g/mol. The Labute approximate surface area is 204 Å². The number of halogens is 8. The van der Waals surface area contributed by atoms with E-state index in [2.05, 4.69) is 10.6 Å². The van der Waals surface area contributed by atoms with Crippen molar-refractivity contribution in [3.05, 3.63) is 63.7 Å². The molecule has 6 nitrogen and oxygen atoms in total. The van der Waals surface area contributed by atoms with E-state index in [1.54, 1.807) is 0 Å². The van der Waals surface area contributed by atoms with E-state index in [1.165, 1.54) is 26.0 Å². The minimum Gasteiger partial charge on any atom is -0.480 e. The number of aryl methyl sites for hydroxylation is 1. The number of carboxylic acids is 1. The molecular weight excluding hydrogens is 525 g/mol. The van der Waals surface area contributed by atoms with E-state index in [0.717, 1.165) is 13.0 Å². The fourth-order valence-corrected chi connectivity index (χ4v) is 3.30. The normalized spacial score (nSPS) is 12.8. The second-order valence-corrected chi connectivity index (χ2v) is 8.59. The SMILES string of the molecule is Cc1cc(C(F)(C(F)(F)F)C(F)(F)F)ccc1NC(=O)c1cccc(Cl)c1C(=O)NC(C)(C)C(=O)O. The van der Waals surface area contributed by atoms with Gasteiger partial charge >= 0.3 is 24.0 Å². The summed E-state index contributed by atoms with van der Waals surface area (Å²) in [5, 5.41) is 13.3. The van der Waals surface area contributed by atoms with Crippen molar-refractivity contribution in [3.8, 4) is 0 Å². The van der Waals surface area contributed by atoms with E-state index >= 15 is 0 Å². The molecule has 2 rings (SSSR count). The zero-order chi connectivity index (χ0) is 27.9. The number of aliphatic carboxylic acids is 1. The zero-order valence-corrected chi connectivity index (χ0v) is 19.4. The number of benzene rings is 2. The van der Waals surface area contributed by atoms with Crippen molar-refractivity contribution >= 4 is 35.1 Å². The molecule has 14 heteroatoms. The first-order valence-electron chi connectivity index (χ1n) is 9.83. The molecule has 0 aliphatic heterocycles. The second-order valence-electron chi connectivity index (χ2n) is 8.18. The topological polar surface area (TPSA) is 95.5 Å². The highest BCUT2D eigenvalue weighted by Crippen LogP contribution is 2.53. The number of amides is 2. The van der Waals surface area contributed by atoms with Crippen LogP contribution in [0.5, 0.6) is 0 Å². The first kappa shape index (κ1) is 28.9. The van der Waals surface area contributed by atoms with Crippen LogP contribution in [0.3, 0.4) is 0 Å². The third-order valence-corrected chi connectivity index (χ3v) is 5.41. The van der Waals surface area contributed by atoms with Crippen LogP contribution in [0.25, 0.3) is 0 Å². The molecule has 0 unspecified atom stereocenters. The number of carboxylic acid groups (broad SMARTS) is 1. The van der Waals surface area contributed by atoms with Gasteiger partial charge in [-0.1, -0.05) is 29.8 Å². The van der Waals surface area contributed by atoms with Crippen LogP contribution < -0.4 is 10.6 Å². The summed E-state index contributed by atoms with van der Waals surface area (Å²) in [6.07, 6.45) is -12.6. The van der Waals surface area contributed by atoms with Gasteiger partial charge in [-0.15, -0.1) is 0 Å². The Hall–Kier alpha value is -3.35. The van der Waals surface area contributed by atoms with Crippen LogP contribution in [0, 0.1) is 6.92 Å². The van der Waals surface area contributed by atoms with E-state index in [0.29, 0.717) is 6.07 Å². The van der Waals surface area contributed by atoms with Crippen LogP contribution >= 0.6 is 11.6 Å². The maximum absolute atomic E-state index is 14.3. The van der Waals surface area contributed by atoms with Gasteiger partial charge in [-0.3, -0.25) is 9.59 Å².